The minimum atomic E-state index is -3.72. The van der Waals surface area contributed by atoms with E-state index in [0.29, 0.717) is 23.3 Å². The Balaban J connectivity index is 0.00000225. The number of nitrogens with one attached hydrogen (secondary N) is 1. The first-order chi connectivity index (χ1) is 11.4. The molecule has 0 aliphatic heterocycles. The van der Waals surface area contributed by atoms with Gasteiger partial charge in [-0.15, -0.1) is 0 Å². The molecule has 0 fully saturated rings. The summed E-state index contributed by atoms with van der Waals surface area (Å²) in [6.07, 6.45) is 0. The number of hydrogen-bond donors (Lipinski definition) is 1. The maximum absolute atomic E-state index is 12.2. The first-order valence-electron chi connectivity index (χ1n) is 7.56. The van der Waals surface area contributed by atoms with Crippen LogP contribution in [-0.2, 0) is 11.1 Å². The molecule has 0 bridgehead atoms. The Morgan fingerprint density at radius 2 is 1.92 bits per heavy atom. The summed E-state index contributed by atoms with van der Waals surface area (Å²) in [6.45, 7) is 3.53. The minimum absolute atomic E-state index is 0. The third-order valence-corrected chi connectivity index (χ3v) is 4.77. The topological polar surface area (TPSA) is 87.1 Å². The van der Waals surface area contributed by atoms with Crippen molar-refractivity contribution in [2.45, 2.75) is 13.5 Å². The second-order valence-electron chi connectivity index (χ2n) is 5.53. The van der Waals surface area contributed by atoms with Crippen molar-refractivity contribution in [3.8, 4) is 0 Å². The second kappa shape index (κ2) is 8.27. The molecule has 0 radical (unpaired) electrons. The zero-order chi connectivity index (χ0) is 17.3. The summed E-state index contributed by atoms with van der Waals surface area (Å²) in [5.74, 6) is -0.227. The van der Waals surface area contributed by atoms with Crippen molar-refractivity contribution < 1.29 is 65.6 Å². The van der Waals surface area contributed by atoms with Crippen molar-refractivity contribution in [2.24, 2.45) is 0 Å². The van der Waals surface area contributed by atoms with Crippen LogP contribution in [0.15, 0.2) is 48.5 Å². The third-order valence-electron chi connectivity index (χ3n) is 3.70. The Morgan fingerprint density at radius 3 is 2.52 bits per heavy atom. The molecule has 0 saturated heterocycles. The average molecular weight is 381 g/mol. The monoisotopic (exact) mass is 381 g/mol. The number of nitrogens with zero attached hydrogens (tertiary/aromatic N) is 2. The molecule has 1 N–H and O–H groups in total. The van der Waals surface area contributed by atoms with Crippen LogP contribution in [0.5, 0.6) is 0 Å². The Labute approximate surface area is 188 Å². The molecule has 25 heavy (non-hydrogen) atoms. The van der Waals surface area contributed by atoms with E-state index >= 15 is 0 Å². The fraction of sp³-hybridized carbons (Fsp3) is 0.176. The number of aromatic nitrogens is 2. The van der Waals surface area contributed by atoms with E-state index in [1.807, 2.05) is 13.0 Å². The van der Waals surface area contributed by atoms with Gasteiger partial charge in [-0.2, -0.15) is 0 Å². The maximum Gasteiger partial charge on any atom is 1.00 e. The summed E-state index contributed by atoms with van der Waals surface area (Å²) in [4.78, 5) is 28.3. The van der Waals surface area contributed by atoms with Crippen molar-refractivity contribution in [1.29, 1.82) is 0 Å². The number of fused-ring (bicyclic) bond motifs is 1. The maximum atomic E-state index is 12.2. The molecule has 124 valence electrons. The number of benzene rings is 2. The molecule has 1 aromatic heterocycles. The van der Waals surface area contributed by atoms with E-state index in [4.69, 9.17) is 0 Å². The first-order valence-corrected chi connectivity index (χ1v) is 9.63. The molecular formula is C17H17KN3O3P. The SMILES string of the molecule is CCn1c(P(C)(=O)[O-])nc2cc(NC(=O)c3ccccc3)ccc21.[K+]. The van der Waals surface area contributed by atoms with Gasteiger partial charge in [0.25, 0.3) is 5.91 Å². The summed E-state index contributed by atoms with van der Waals surface area (Å²) in [5.41, 5.74) is 2.45. The predicted molar refractivity (Wildman–Crippen MR) is 93.0 cm³/mol. The van der Waals surface area contributed by atoms with Gasteiger partial charge < -0.3 is 19.3 Å². The molecule has 1 atom stereocenters. The second-order valence-corrected chi connectivity index (χ2v) is 7.62. The van der Waals surface area contributed by atoms with Crippen LogP contribution in [0.3, 0.4) is 0 Å². The molecule has 2 aromatic carbocycles. The third kappa shape index (κ3) is 4.49. The summed E-state index contributed by atoms with van der Waals surface area (Å²) in [5, 5.41) is 2.80. The number of carbonyl (C=O) groups is 1. The minimum Gasteiger partial charge on any atom is -0.794 e. The number of aryl methyl sites for hydroxylation is 1. The zero-order valence-corrected chi connectivity index (χ0v) is 18.4. The van der Waals surface area contributed by atoms with Gasteiger partial charge in [0, 0.05) is 17.8 Å². The number of amides is 1. The fourth-order valence-corrected chi connectivity index (χ4v) is 3.59. The Morgan fingerprint density at radius 1 is 1.24 bits per heavy atom. The van der Waals surface area contributed by atoms with Crippen molar-refractivity contribution in [1.82, 2.24) is 9.55 Å². The average Bonchev–Trinajstić information content (AvgIpc) is 2.93. The van der Waals surface area contributed by atoms with Crippen molar-refractivity contribution in [3.05, 3.63) is 54.1 Å². The van der Waals surface area contributed by atoms with Gasteiger partial charge in [0.2, 0.25) is 0 Å². The van der Waals surface area contributed by atoms with E-state index in [1.165, 1.54) is 6.66 Å². The van der Waals surface area contributed by atoms with Crippen molar-refractivity contribution in [3.63, 3.8) is 0 Å². The number of hydrogen-bond acceptors (Lipinski definition) is 4. The molecule has 3 rings (SSSR count). The molecule has 3 aromatic rings. The van der Waals surface area contributed by atoms with Gasteiger partial charge in [0.05, 0.1) is 18.4 Å². The standard InChI is InChI=1S/C17H18N3O3P.K/c1-3-20-15-10-9-13(11-14(15)19-17(20)24(2,22)23)18-16(21)12-7-5-4-6-8-12;/h4-11H,3H2,1-2H3,(H,18,21)(H,22,23);/q;+1/p-1. The molecule has 0 aliphatic carbocycles. The van der Waals surface area contributed by atoms with Crippen LogP contribution in [0.4, 0.5) is 5.69 Å². The molecule has 0 spiro atoms. The van der Waals surface area contributed by atoms with Gasteiger partial charge in [-0.1, -0.05) is 18.2 Å². The number of carbonyl (C=O) groups excluding carboxylic acids is 1. The van der Waals surface area contributed by atoms with Gasteiger partial charge in [-0.3, -0.25) is 4.79 Å². The summed E-state index contributed by atoms with van der Waals surface area (Å²) in [6, 6.07) is 14.1. The van der Waals surface area contributed by atoms with Crippen LogP contribution >= 0.6 is 7.37 Å². The zero-order valence-electron chi connectivity index (χ0n) is 14.4. The number of imidazole rings is 1. The predicted octanol–water partition coefficient (Wildman–Crippen LogP) is -0.794. The van der Waals surface area contributed by atoms with E-state index in [1.54, 1.807) is 47.0 Å². The largest absolute Gasteiger partial charge is 1.00 e. The fourth-order valence-electron chi connectivity index (χ4n) is 2.61. The number of anilines is 1. The van der Waals surface area contributed by atoms with Crippen LogP contribution in [0, 0.1) is 0 Å². The van der Waals surface area contributed by atoms with Crippen LogP contribution in [0.1, 0.15) is 17.3 Å². The van der Waals surface area contributed by atoms with Gasteiger partial charge >= 0.3 is 51.4 Å². The number of rotatable bonds is 4. The van der Waals surface area contributed by atoms with Crippen LogP contribution in [0.25, 0.3) is 11.0 Å². The molecule has 0 aliphatic rings. The van der Waals surface area contributed by atoms with E-state index in [0.717, 1.165) is 5.52 Å². The first kappa shape index (κ1) is 20.5. The van der Waals surface area contributed by atoms with E-state index < -0.39 is 7.37 Å². The molecule has 0 saturated carbocycles. The normalized spacial score (nSPS) is 13.1. The van der Waals surface area contributed by atoms with E-state index in [9.17, 15) is 14.3 Å². The van der Waals surface area contributed by atoms with Crippen molar-refractivity contribution in [2.75, 3.05) is 12.0 Å². The van der Waals surface area contributed by atoms with Crippen LogP contribution in [-0.4, -0.2) is 22.1 Å². The molecule has 8 heteroatoms. The smallest absolute Gasteiger partial charge is 0.794 e. The quantitative estimate of drug-likeness (QED) is 0.474. The Hall–Kier alpha value is -0.794. The molecule has 6 nitrogen and oxygen atoms in total. The molecule has 1 amide bonds. The summed E-state index contributed by atoms with van der Waals surface area (Å²) in [7, 11) is -3.72. The molecular weight excluding hydrogens is 364 g/mol. The van der Waals surface area contributed by atoms with Crippen LogP contribution in [0.2, 0.25) is 0 Å². The van der Waals surface area contributed by atoms with Gasteiger partial charge in [-0.05, 0) is 43.9 Å². The van der Waals surface area contributed by atoms with Crippen LogP contribution < -0.4 is 67.2 Å². The molecule has 1 heterocycles. The molecule has 1 unspecified atom stereocenters. The Bertz CT molecular complexity index is 950. The van der Waals surface area contributed by atoms with E-state index in [-0.39, 0.29) is 62.9 Å². The van der Waals surface area contributed by atoms with E-state index in [2.05, 4.69) is 10.3 Å². The van der Waals surface area contributed by atoms with Gasteiger partial charge in [-0.25, -0.2) is 4.98 Å². The van der Waals surface area contributed by atoms with Gasteiger partial charge in [0.1, 0.15) is 0 Å². The summed E-state index contributed by atoms with van der Waals surface area (Å²) >= 11 is 0. The Kier molecular flexibility index (Phi) is 6.78. The van der Waals surface area contributed by atoms with Crippen molar-refractivity contribution >= 4 is 35.6 Å². The summed E-state index contributed by atoms with van der Waals surface area (Å²) < 4.78 is 13.6. The van der Waals surface area contributed by atoms with Gasteiger partial charge in [0.15, 0.2) is 5.57 Å².